The van der Waals surface area contributed by atoms with Crippen LogP contribution in [0.3, 0.4) is 0 Å². The topological polar surface area (TPSA) is 145 Å². The Labute approximate surface area is 145 Å². The zero-order valence-electron chi connectivity index (χ0n) is 13.5. The van der Waals surface area contributed by atoms with E-state index in [0.29, 0.717) is 5.56 Å². The molecule has 0 saturated carbocycles. The molecule has 3 atom stereocenters. The summed E-state index contributed by atoms with van der Waals surface area (Å²) in [4.78, 5) is 23.6. The van der Waals surface area contributed by atoms with Gasteiger partial charge in [0.15, 0.2) is 0 Å². The number of carbonyl (C=O) groups excluding carboxylic acids is 2. The van der Waals surface area contributed by atoms with Crippen LogP contribution in [-0.2, 0) is 4.79 Å². The fraction of sp³-hybridized carbons (Fsp3) is 0.294. The Morgan fingerprint density at radius 1 is 1.24 bits per heavy atom. The average Bonchev–Trinajstić information content (AvgIpc) is 2.62. The largest absolute Gasteiger partial charge is 0.393 e. The number of hydrogen-bond donors (Lipinski definition) is 6. The van der Waals surface area contributed by atoms with Gasteiger partial charge in [-0.15, -0.1) is 0 Å². The molecule has 8 nitrogen and oxygen atoms in total. The first-order valence-electron chi connectivity index (χ1n) is 7.30. The molecule has 0 aliphatic carbocycles. The van der Waals surface area contributed by atoms with Crippen molar-refractivity contribution in [1.29, 1.82) is 0 Å². The van der Waals surface area contributed by atoms with Crippen LogP contribution < -0.4 is 16.5 Å². The molecule has 7 N–H and O–H groups in total. The van der Waals surface area contributed by atoms with Gasteiger partial charge in [0.05, 0.1) is 6.61 Å². The van der Waals surface area contributed by atoms with Crippen LogP contribution in [0.15, 0.2) is 24.3 Å². The highest BCUT2D eigenvalue weighted by Gasteiger charge is 2.24. The van der Waals surface area contributed by atoms with Gasteiger partial charge >= 0.3 is 0 Å². The lowest BCUT2D eigenvalue weighted by Gasteiger charge is -2.19. The quantitative estimate of drug-likeness (QED) is 0.214. The molecule has 0 aromatic heterocycles. The standard InChI is InChI=1S/C17H19N3O5/c1-11(18)15(17(24)20-25)19-16(23)13-8-6-12(7-9-13)4-2-3-5-14(22)10-21/h6-9,11,14-15,21-22,25H,10,18H2,1H3,(H,19,23)(H,20,24)/t11-,14?,15+/m1/s1. The van der Waals surface area contributed by atoms with Gasteiger partial charge < -0.3 is 21.3 Å². The predicted molar refractivity (Wildman–Crippen MR) is 89.0 cm³/mol. The maximum absolute atomic E-state index is 12.1. The third-order valence-electron chi connectivity index (χ3n) is 3.03. The van der Waals surface area contributed by atoms with Gasteiger partial charge in [-0.25, -0.2) is 5.48 Å². The molecule has 0 aliphatic heterocycles. The predicted octanol–water partition coefficient (Wildman–Crippen LogP) is -1.65. The number of rotatable bonds is 5. The Kier molecular flexibility index (Phi) is 8.13. The van der Waals surface area contributed by atoms with E-state index >= 15 is 0 Å². The number of amides is 2. The summed E-state index contributed by atoms with van der Waals surface area (Å²) in [6, 6.07) is 4.40. The fourth-order valence-electron chi connectivity index (χ4n) is 1.70. The summed E-state index contributed by atoms with van der Waals surface area (Å²) in [6.45, 7) is 1.06. The van der Waals surface area contributed by atoms with Gasteiger partial charge in [0.1, 0.15) is 12.1 Å². The molecule has 1 rings (SSSR count). The first-order valence-corrected chi connectivity index (χ1v) is 7.30. The molecule has 25 heavy (non-hydrogen) atoms. The Morgan fingerprint density at radius 2 is 1.88 bits per heavy atom. The number of nitrogens with two attached hydrogens (primary N) is 1. The SMILES string of the molecule is C[C@@H](N)[C@H](NC(=O)c1ccc(C#CC#CC(O)CO)cc1)C(=O)NO. The number of hydrogen-bond acceptors (Lipinski definition) is 6. The van der Waals surface area contributed by atoms with Crippen LogP contribution in [0.4, 0.5) is 0 Å². The molecule has 0 fully saturated rings. The Hall–Kier alpha value is -2.88. The molecule has 0 bridgehead atoms. The van der Waals surface area contributed by atoms with Crippen LogP contribution >= 0.6 is 0 Å². The van der Waals surface area contributed by atoms with Crippen molar-refractivity contribution in [3.05, 3.63) is 35.4 Å². The van der Waals surface area contributed by atoms with E-state index in [1.807, 2.05) is 0 Å². The summed E-state index contributed by atoms with van der Waals surface area (Å²) in [5.74, 6) is 8.60. The number of aliphatic hydroxyl groups excluding tert-OH is 2. The Bertz CT molecular complexity index is 723. The molecule has 0 heterocycles. The lowest BCUT2D eigenvalue weighted by atomic mass is 10.1. The van der Waals surface area contributed by atoms with Crippen LogP contribution in [0, 0.1) is 23.7 Å². The number of benzene rings is 1. The van der Waals surface area contributed by atoms with E-state index in [4.69, 9.17) is 21.2 Å². The first kappa shape index (κ1) is 20.2. The summed E-state index contributed by atoms with van der Waals surface area (Å²) in [5.41, 5.74) is 7.93. The van der Waals surface area contributed by atoms with Crippen molar-refractivity contribution in [2.24, 2.45) is 5.73 Å². The third-order valence-corrected chi connectivity index (χ3v) is 3.03. The lowest BCUT2D eigenvalue weighted by molar-refractivity contribution is -0.131. The van der Waals surface area contributed by atoms with Gasteiger partial charge in [-0.3, -0.25) is 14.8 Å². The van der Waals surface area contributed by atoms with Crippen LogP contribution in [0.5, 0.6) is 0 Å². The smallest absolute Gasteiger partial charge is 0.267 e. The van der Waals surface area contributed by atoms with Crippen molar-refractivity contribution in [2.45, 2.75) is 25.1 Å². The van der Waals surface area contributed by atoms with E-state index in [-0.39, 0.29) is 5.56 Å². The molecule has 1 unspecified atom stereocenters. The summed E-state index contributed by atoms with van der Waals surface area (Å²) < 4.78 is 0. The van der Waals surface area contributed by atoms with E-state index in [1.165, 1.54) is 24.5 Å². The van der Waals surface area contributed by atoms with E-state index in [0.717, 1.165) is 0 Å². The molecular formula is C17H19N3O5. The monoisotopic (exact) mass is 345 g/mol. The minimum Gasteiger partial charge on any atom is -0.393 e. The molecular weight excluding hydrogens is 326 g/mol. The van der Waals surface area contributed by atoms with Crippen molar-refractivity contribution in [1.82, 2.24) is 10.8 Å². The third kappa shape index (κ3) is 6.63. The summed E-state index contributed by atoms with van der Waals surface area (Å²) >= 11 is 0. The molecule has 1 aromatic carbocycles. The van der Waals surface area contributed by atoms with Gasteiger partial charge in [-0.1, -0.05) is 11.8 Å². The number of nitrogens with one attached hydrogen (secondary N) is 2. The second-order valence-corrected chi connectivity index (χ2v) is 5.08. The maximum atomic E-state index is 12.1. The van der Waals surface area contributed by atoms with Crippen LogP contribution in [0.25, 0.3) is 0 Å². The minimum atomic E-state index is -1.13. The van der Waals surface area contributed by atoms with Crippen LogP contribution in [0.2, 0.25) is 0 Å². The number of hydroxylamine groups is 1. The lowest BCUT2D eigenvalue weighted by Crippen LogP contribution is -2.54. The highest BCUT2D eigenvalue weighted by molar-refractivity contribution is 5.97. The Morgan fingerprint density at radius 3 is 2.40 bits per heavy atom. The summed E-state index contributed by atoms with van der Waals surface area (Å²) in [7, 11) is 0. The zero-order valence-corrected chi connectivity index (χ0v) is 13.5. The molecule has 0 spiro atoms. The molecule has 132 valence electrons. The normalized spacial score (nSPS) is 13.2. The number of carbonyl (C=O) groups is 2. The number of aliphatic hydroxyl groups is 2. The van der Waals surface area contributed by atoms with Crippen molar-refractivity contribution < 1.29 is 25.0 Å². The molecule has 1 aromatic rings. The van der Waals surface area contributed by atoms with Gasteiger partial charge in [0.2, 0.25) is 0 Å². The van der Waals surface area contributed by atoms with Gasteiger partial charge in [0, 0.05) is 17.2 Å². The second-order valence-electron chi connectivity index (χ2n) is 5.08. The van der Waals surface area contributed by atoms with Crippen LogP contribution in [0.1, 0.15) is 22.8 Å². The van der Waals surface area contributed by atoms with Gasteiger partial charge in [-0.2, -0.15) is 0 Å². The van der Waals surface area contributed by atoms with Crippen molar-refractivity contribution in [3.63, 3.8) is 0 Å². The van der Waals surface area contributed by atoms with E-state index < -0.39 is 36.6 Å². The summed E-state index contributed by atoms with van der Waals surface area (Å²) in [6.07, 6.45) is -1.13. The molecule has 0 saturated heterocycles. The van der Waals surface area contributed by atoms with E-state index in [9.17, 15) is 9.59 Å². The fourth-order valence-corrected chi connectivity index (χ4v) is 1.70. The zero-order chi connectivity index (χ0) is 18.8. The highest BCUT2D eigenvalue weighted by Crippen LogP contribution is 2.04. The molecule has 8 heteroatoms. The molecule has 2 amide bonds. The second kappa shape index (κ2) is 10.1. The molecule has 0 aliphatic rings. The Balaban J connectivity index is 2.78. The van der Waals surface area contributed by atoms with Gasteiger partial charge in [-0.05, 0) is 43.0 Å². The van der Waals surface area contributed by atoms with Crippen molar-refractivity contribution in [2.75, 3.05) is 6.61 Å². The summed E-state index contributed by atoms with van der Waals surface area (Å²) in [5, 5.41) is 28.7. The average molecular weight is 345 g/mol. The van der Waals surface area contributed by atoms with Crippen molar-refractivity contribution >= 4 is 11.8 Å². The highest BCUT2D eigenvalue weighted by atomic mass is 16.5. The molecule has 0 radical (unpaired) electrons. The first-order chi connectivity index (χ1) is 11.9. The van der Waals surface area contributed by atoms with E-state index in [2.05, 4.69) is 29.0 Å². The van der Waals surface area contributed by atoms with Crippen LogP contribution in [-0.4, -0.2) is 52.0 Å². The van der Waals surface area contributed by atoms with E-state index in [1.54, 1.807) is 12.1 Å². The van der Waals surface area contributed by atoms with Crippen molar-refractivity contribution in [3.8, 4) is 23.7 Å². The minimum absolute atomic E-state index is 0.281. The van der Waals surface area contributed by atoms with Gasteiger partial charge in [0.25, 0.3) is 11.8 Å². The maximum Gasteiger partial charge on any atom is 0.267 e.